The Hall–Kier alpha value is 1.10. The van der Waals surface area contributed by atoms with E-state index in [1.165, 1.54) is 27.2 Å². The van der Waals surface area contributed by atoms with Crippen molar-refractivity contribution in [3.63, 3.8) is 0 Å². The fourth-order valence-electron chi connectivity index (χ4n) is 7.14. The van der Waals surface area contributed by atoms with Crippen molar-refractivity contribution in [1.29, 1.82) is 0 Å². The summed E-state index contributed by atoms with van der Waals surface area (Å²) in [5, 5.41) is 5.06. The summed E-state index contributed by atoms with van der Waals surface area (Å²) in [5.74, 6) is 0.356. The number of hydrogen-bond donors (Lipinski definition) is 2. The number of rotatable bonds is 23. The van der Waals surface area contributed by atoms with Crippen LogP contribution in [0.3, 0.4) is 0 Å². The van der Waals surface area contributed by atoms with Gasteiger partial charge in [0, 0.05) is 354 Å². The van der Waals surface area contributed by atoms with Crippen LogP contribution in [0, 0.1) is 0 Å². The molecule has 0 aliphatic carbocycles. The standard InChI is InChI=1S/C6H7NO2.C5H11NO2.B23.B22/c1-5(8)7-6-3-2-4-9-6;1-5(7)6-3-4-8-2;1-13-19(12)22(18(10)11)23(20(14(2)3)15(4)5)21(16(6)7)17(8)9;1-13(2)19(14(3)4)22(20(15(5)6)16(7)8)21(17(9)10)18(11)12/h2-4H,1H3,(H,7,8);3-4H2,1-2H3,(H,6,7);;. The van der Waals surface area contributed by atoms with Gasteiger partial charge in [-0.2, -0.15) is 0 Å². The van der Waals surface area contributed by atoms with Gasteiger partial charge in [-0.25, -0.2) is 0 Å². The Balaban J connectivity index is -0.000000819. The minimum atomic E-state index is -0.926. The fourth-order valence-corrected chi connectivity index (χ4v) is 7.14. The van der Waals surface area contributed by atoms with Crippen LogP contribution in [0.4, 0.5) is 5.88 Å². The molecule has 0 atom stereocenters. The van der Waals surface area contributed by atoms with Gasteiger partial charge in [0.2, 0.25) is 11.8 Å². The maximum absolute atomic E-state index is 10.3. The summed E-state index contributed by atoms with van der Waals surface area (Å²) >= 11 is 0. The highest BCUT2D eigenvalue weighted by Crippen LogP contribution is 2.10. The molecule has 0 aliphatic rings. The van der Waals surface area contributed by atoms with Crippen molar-refractivity contribution in [3.8, 4) is 0 Å². The first-order chi connectivity index (χ1) is 28.5. The molecule has 51 heteroatoms. The van der Waals surface area contributed by atoms with Crippen molar-refractivity contribution in [1.82, 2.24) is 5.32 Å². The Labute approximate surface area is 417 Å². The number of carbonyl (C=O) groups excluding carboxylic acids is 2. The predicted octanol–water partition coefficient (Wildman–Crippen LogP) is -16.1. The minimum Gasteiger partial charge on any atom is -0.449 e. The zero-order valence-electron chi connectivity index (χ0n) is 36.3. The summed E-state index contributed by atoms with van der Waals surface area (Å²) in [6.07, 6.45) is -14.9. The lowest BCUT2D eigenvalue weighted by Gasteiger charge is -2.45. The second-order valence-corrected chi connectivity index (χ2v) is 14.9. The number of nitrogens with one attached hydrogen (secondary N) is 2. The Morgan fingerprint density at radius 1 is 0.516 bits per heavy atom. The molecule has 0 aromatic carbocycles. The molecule has 1 heterocycles. The van der Waals surface area contributed by atoms with E-state index < -0.39 is 128 Å². The van der Waals surface area contributed by atoms with Crippen molar-refractivity contribution >= 4 is 338 Å². The molecule has 0 aliphatic heterocycles. The normalized spacial score (nSPS) is 9.15. The van der Waals surface area contributed by atoms with Gasteiger partial charge >= 0.3 is 0 Å². The zero-order chi connectivity index (χ0) is 49.4. The third-order valence-corrected chi connectivity index (χ3v) is 9.72. The summed E-state index contributed by atoms with van der Waals surface area (Å²) in [6, 6.07) is 3.40. The van der Waals surface area contributed by atoms with E-state index in [0.29, 0.717) is 19.0 Å². The maximum Gasteiger partial charge on any atom is 0.223 e. The Morgan fingerprint density at radius 3 is 1.00 bits per heavy atom. The molecule has 0 saturated carbocycles. The third-order valence-electron chi connectivity index (χ3n) is 9.72. The van der Waals surface area contributed by atoms with Crippen LogP contribution in [0.2, 0.25) is 0 Å². The number of methoxy groups -OCH3 is 1. The monoisotopic (exact) mass is 738 g/mol. The van der Waals surface area contributed by atoms with Gasteiger partial charge in [0.1, 0.15) is 0 Å². The number of amides is 2. The van der Waals surface area contributed by atoms with Crippen molar-refractivity contribution in [2.45, 2.75) is 13.8 Å². The largest absolute Gasteiger partial charge is 0.449 e. The first-order valence-corrected chi connectivity index (χ1v) is 19.4. The van der Waals surface area contributed by atoms with Crippen LogP contribution >= 0.6 is 0 Å². The molecule has 1 rings (SSSR count). The van der Waals surface area contributed by atoms with Gasteiger partial charge in [-0.3, -0.25) is 14.9 Å². The smallest absolute Gasteiger partial charge is 0.223 e. The summed E-state index contributed by atoms with van der Waals surface area (Å²) in [6.45, 7) is 4.10. The molecule has 2 amide bonds. The molecule has 231 valence electrons. The van der Waals surface area contributed by atoms with Crippen LogP contribution < -0.4 is 10.6 Å². The van der Waals surface area contributed by atoms with Crippen molar-refractivity contribution < 1.29 is 18.7 Å². The molecular formula is C11H18B45N2O4. The molecule has 0 saturated heterocycles. The average Bonchev–Trinajstić information content (AvgIpc) is 3.60. The van der Waals surface area contributed by atoms with E-state index in [2.05, 4.69) is 15.4 Å². The Kier molecular flexibility index (Phi) is 39.3. The van der Waals surface area contributed by atoms with E-state index in [1.807, 2.05) is 0 Å². The van der Waals surface area contributed by atoms with Crippen LogP contribution in [0.1, 0.15) is 13.8 Å². The number of carbonyl (C=O) groups is 2. The summed E-state index contributed by atoms with van der Waals surface area (Å²) in [5.41, 5.74) is 0. The molecule has 1 aromatic heterocycles. The van der Waals surface area contributed by atoms with E-state index in [-0.39, 0.29) is 11.8 Å². The van der Waals surface area contributed by atoms with Crippen LogP contribution in [-0.4, -0.2) is 353 Å². The number of furan rings is 1. The quantitative estimate of drug-likeness (QED) is 0.0868. The van der Waals surface area contributed by atoms with Gasteiger partial charge in [-0.1, -0.05) is 0 Å². The lowest BCUT2D eigenvalue weighted by Crippen LogP contribution is -2.83. The van der Waals surface area contributed by atoms with E-state index in [1.54, 1.807) is 19.2 Å². The SMILES string of the molecule is CC(=O)Nc1ccco1.COCCNC(C)=O.[B]B([B])B(B([B])[B])B(B(B([B])[B])B([B])[B])B(B([B])[B])B([B])[B].[B][B]B([B])B(B([B])[B])B(B(B([B])[B])B([B])[B])B(B([B])[B])B([B])[B]. The molecule has 6 nitrogen and oxygen atoms in total. The Morgan fingerprint density at radius 2 is 0.806 bits per heavy atom. The molecule has 49 radical (unpaired) electrons. The van der Waals surface area contributed by atoms with E-state index in [4.69, 9.17) is 190 Å². The molecule has 62 heavy (non-hydrogen) atoms. The van der Waals surface area contributed by atoms with E-state index in [0.717, 1.165) is 0 Å². The lowest BCUT2D eigenvalue weighted by molar-refractivity contribution is -0.119. The van der Waals surface area contributed by atoms with Crippen LogP contribution in [0.25, 0.3) is 0 Å². The minimum absolute atomic E-state index is 0.0120. The van der Waals surface area contributed by atoms with Gasteiger partial charge in [-0.15, -0.1) is 0 Å². The number of ether oxygens (including phenoxy) is 1. The molecule has 0 spiro atoms. The average molecular weight is 729 g/mol. The molecular weight excluding hydrogens is 711 g/mol. The van der Waals surface area contributed by atoms with Gasteiger partial charge in [0.15, 0.2) is 5.88 Å². The first-order valence-electron chi connectivity index (χ1n) is 19.4. The first kappa shape index (κ1) is 67.4. The van der Waals surface area contributed by atoms with Crippen LogP contribution in [0.5, 0.6) is 0 Å². The van der Waals surface area contributed by atoms with Gasteiger partial charge < -0.3 is 14.5 Å². The highest BCUT2D eigenvalue weighted by molar-refractivity contribution is 8.23. The number of hydrogen-bond acceptors (Lipinski definition) is 4. The molecule has 0 fully saturated rings. The highest BCUT2D eigenvalue weighted by Gasteiger charge is 2.48. The maximum atomic E-state index is 10.3. The summed E-state index contributed by atoms with van der Waals surface area (Å²) in [4.78, 5) is 20.5. The highest BCUT2D eigenvalue weighted by atomic mass is 16.5. The van der Waals surface area contributed by atoms with Gasteiger partial charge in [0.05, 0.1) is 12.9 Å². The molecule has 1 aromatic rings. The van der Waals surface area contributed by atoms with Gasteiger partial charge in [-0.05, 0) is 6.07 Å². The van der Waals surface area contributed by atoms with Crippen molar-refractivity contribution in [2.24, 2.45) is 0 Å². The van der Waals surface area contributed by atoms with E-state index >= 15 is 0 Å². The second-order valence-electron chi connectivity index (χ2n) is 14.9. The van der Waals surface area contributed by atoms with Gasteiger partial charge in [0.25, 0.3) is 0 Å². The van der Waals surface area contributed by atoms with E-state index in [9.17, 15) is 9.59 Å². The molecule has 0 bridgehead atoms. The summed E-state index contributed by atoms with van der Waals surface area (Å²) in [7, 11) is 143. The van der Waals surface area contributed by atoms with Crippen LogP contribution in [-0.2, 0) is 14.3 Å². The molecule has 2 N–H and O–H groups in total. The summed E-state index contributed by atoms with van der Waals surface area (Å²) < 4.78 is 9.49. The second kappa shape index (κ2) is 36.1. The topological polar surface area (TPSA) is 80.6 Å². The fraction of sp³-hybridized carbons (Fsp3) is 0.455. The molecule has 0 unspecified atom stereocenters. The van der Waals surface area contributed by atoms with Crippen molar-refractivity contribution in [3.05, 3.63) is 18.4 Å². The Bertz CT molecular complexity index is 1140. The van der Waals surface area contributed by atoms with Crippen molar-refractivity contribution in [2.75, 3.05) is 25.6 Å². The lowest BCUT2D eigenvalue weighted by atomic mass is 8.36. The number of anilines is 1. The zero-order valence-corrected chi connectivity index (χ0v) is 36.3. The predicted molar refractivity (Wildman–Crippen MR) is 323 cm³/mol. The van der Waals surface area contributed by atoms with Crippen LogP contribution in [0.15, 0.2) is 22.8 Å². The third kappa shape index (κ3) is 26.6.